The summed E-state index contributed by atoms with van der Waals surface area (Å²) < 4.78 is 5.52. The lowest BCUT2D eigenvalue weighted by Gasteiger charge is -2.22. The molecule has 0 aromatic carbocycles. The number of hydrogen-bond acceptors (Lipinski definition) is 2. The summed E-state index contributed by atoms with van der Waals surface area (Å²) in [7, 11) is 0. The van der Waals surface area contributed by atoms with Crippen LogP contribution in [0.1, 0.15) is 58.3 Å². The maximum atomic E-state index is 5.52. The quantitative estimate of drug-likeness (QED) is 0.626. The van der Waals surface area contributed by atoms with Crippen molar-refractivity contribution < 1.29 is 4.74 Å². The van der Waals surface area contributed by atoms with Crippen LogP contribution in [-0.4, -0.2) is 25.8 Å². The van der Waals surface area contributed by atoms with Crippen LogP contribution in [0.15, 0.2) is 0 Å². The highest BCUT2D eigenvalue weighted by Gasteiger charge is 2.11. The van der Waals surface area contributed by atoms with E-state index in [1.165, 1.54) is 51.4 Å². The molecule has 0 unspecified atom stereocenters. The minimum Gasteiger partial charge on any atom is -0.381 e. The average molecular weight is 213 g/mol. The molecule has 0 spiro atoms. The topological polar surface area (TPSA) is 21.3 Å². The Morgan fingerprint density at radius 3 is 2.53 bits per heavy atom. The van der Waals surface area contributed by atoms with Crippen LogP contribution in [-0.2, 0) is 4.74 Å². The van der Waals surface area contributed by atoms with Gasteiger partial charge in [0.15, 0.2) is 0 Å². The smallest absolute Gasteiger partial charge is 0.0478 e. The maximum absolute atomic E-state index is 5.52. The van der Waals surface area contributed by atoms with Crippen molar-refractivity contribution in [1.29, 1.82) is 0 Å². The number of rotatable bonds is 8. The van der Waals surface area contributed by atoms with E-state index < -0.39 is 0 Å². The van der Waals surface area contributed by atoms with Crippen molar-refractivity contribution in [3.63, 3.8) is 0 Å². The van der Waals surface area contributed by atoms with Gasteiger partial charge in [-0.15, -0.1) is 0 Å². The van der Waals surface area contributed by atoms with E-state index in [4.69, 9.17) is 4.74 Å². The van der Waals surface area contributed by atoms with E-state index in [1.807, 2.05) is 0 Å². The molecule has 0 heterocycles. The lowest BCUT2D eigenvalue weighted by atomic mass is 9.95. The molecule has 1 saturated carbocycles. The van der Waals surface area contributed by atoms with Gasteiger partial charge in [0.1, 0.15) is 0 Å². The summed E-state index contributed by atoms with van der Waals surface area (Å²) in [4.78, 5) is 0. The molecule has 1 aliphatic carbocycles. The first-order valence-electron chi connectivity index (χ1n) is 6.74. The van der Waals surface area contributed by atoms with Crippen molar-refractivity contribution >= 4 is 0 Å². The second-order valence-electron chi connectivity index (χ2n) is 4.61. The van der Waals surface area contributed by atoms with Gasteiger partial charge in [0.25, 0.3) is 0 Å². The molecule has 0 bridgehead atoms. The molecule has 0 atom stereocenters. The van der Waals surface area contributed by atoms with E-state index in [9.17, 15) is 0 Å². The standard InChI is InChI=1S/C13H27NO/c1-2-3-11-15-12-7-10-14-13-8-5-4-6-9-13/h13-14H,2-12H2,1H3. The predicted molar refractivity (Wildman–Crippen MR) is 65.2 cm³/mol. The van der Waals surface area contributed by atoms with Gasteiger partial charge in [0, 0.05) is 19.3 Å². The van der Waals surface area contributed by atoms with Gasteiger partial charge in [0.05, 0.1) is 0 Å². The van der Waals surface area contributed by atoms with Gasteiger partial charge >= 0.3 is 0 Å². The Balaban J connectivity index is 1.79. The monoisotopic (exact) mass is 213 g/mol. The van der Waals surface area contributed by atoms with Gasteiger partial charge in [-0.1, -0.05) is 32.6 Å². The number of hydrogen-bond donors (Lipinski definition) is 1. The lowest BCUT2D eigenvalue weighted by molar-refractivity contribution is 0.128. The summed E-state index contributed by atoms with van der Waals surface area (Å²) in [5.41, 5.74) is 0. The first-order valence-corrected chi connectivity index (χ1v) is 6.74. The third-order valence-corrected chi connectivity index (χ3v) is 3.15. The summed E-state index contributed by atoms with van der Waals surface area (Å²) in [6.07, 6.45) is 10.7. The van der Waals surface area contributed by atoms with Crippen molar-refractivity contribution in [1.82, 2.24) is 5.32 Å². The summed E-state index contributed by atoms with van der Waals surface area (Å²) >= 11 is 0. The summed E-state index contributed by atoms with van der Waals surface area (Å²) in [6.45, 7) is 5.21. The van der Waals surface area contributed by atoms with Crippen LogP contribution in [0.2, 0.25) is 0 Å². The molecule has 0 amide bonds. The predicted octanol–water partition coefficient (Wildman–Crippen LogP) is 3.12. The minimum absolute atomic E-state index is 0.800. The van der Waals surface area contributed by atoms with Crippen molar-refractivity contribution in [2.45, 2.75) is 64.3 Å². The van der Waals surface area contributed by atoms with Crippen LogP contribution >= 0.6 is 0 Å². The molecule has 15 heavy (non-hydrogen) atoms. The van der Waals surface area contributed by atoms with E-state index >= 15 is 0 Å². The van der Waals surface area contributed by atoms with Gasteiger partial charge in [-0.3, -0.25) is 0 Å². The summed E-state index contributed by atoms with van der Waals surface area (Å²) in [6, 6.07) is 0.800. The third-order valence-electron chi connectivity index (χ3n) is 3.15. The molecule has 0 saturated heterocycles. The van der Waals surface area contributed by atoms with Crippen LogP contribution in [0.25, 0.3) is 0 Å². The number of ether oxygens (including phenoxy) is 1. The fourth-order valence-electron chi connectivity index (χ4n) is 2.14. The van der Waals surface area contributed by atoms with Crippen LogP contribution in [0.3, 0.4) is 0 Å². The van der Waals surface area contributed by atoms with Gasteiger partial charge in [0.2, 0.25) is 0 Å². The van der Waals surface area contributed by atoms with E-state index in [0.717, 1.165) is 25.8 Å². The molecule has 0 radical (unpaired) electrons. The van der Waals surface area contributed by atoms with Gasteiger partial charge in [-0.2, -0.15) is 0 Å². The van der Waals surface area contributed by atoms with Crippen LogP contribution < -0.4 is 5.32 Å². The highest BCUT2D eigenvalue weighted by atomic mass is 16.5. The summed E-state index contributed by atoms with van der Waals surface area (Å²) in [5.74, 6) is 0. The normalized spacial score (nSPS) is 18.2. The van der Waals surface area contributed by atoms with E-state index in [2.05, 4.69) is 12.2 Å². The molecule has 90 valence electrons. The fourth-order valence-corrected chi connectivity index (χ4v) is 2.14. The Bertz CT molecular complexity index is 132. The van der Waals surface area contributed by atoms with E-state index in [0.29, 0.717) is 0 Å². The third kappa shape index (κ3) is 6.91. The molecule has 1 rings (SSSR count). The zero-order valence-corrected chi connectivity index (χ0v) is 10.3. The average Bonchev–Trinajstić information content (AvgIpc) is 2.29. The first-order chi connectivity index (χ1) is 7.43. The van der Waals surface area contributed by atoms with Crippen molar-refractivity contribution in [2.24, 2.45) is 0 Å². The zero-order chi connectivity index (χ0) is 10.8. The van der Waals surface area contributed by atoms with Crippen molar-refractivity contribution in [3.8, 4) is 0 Å². The Morgan fingerprint density at radius 1 is 1.07 bits per heavy atom. The molecule has 2 nitrogen and oxygen atoms in total. The van der Waals surface area contributed by atoms with Gasteiger partial charge < -0.3 is 10.1 Å². The Kier molecular flexibility index (Phi) is 7.94. The Labute approximate surface area is 94.8 Å². The second kappa shape index (κ2) is 9.17. The largest absolute Gasteiger partial charge is 0.381 e. The Hall–Kier alpha value is -0.0800. The fraction of sp³-hybridized carbons (Fsp3) is 1.00. The van der Waals surface area contributed by atoms with Crippen LogP contribution in [0.5, 0.6) is 0 Å². The molecule has 1 N–H and O–H groups in total. The number of nitrogens with one attached hydrogen (secondary N) is 1. The highest BCUT2D eigenvalue weighted by Crippen LogP contribution is 2.17. The SMILES string of the molecule is CCCCOCCCNC1CCCCC1. The molecule has 1 aliphatic rings. The summed E-state index contributed by atoms with van der Waals surface area (Å²) in [5, 5.41) is 3.63. The van der Waals surface area contributed by atoms with Crippen molar-refractivity contribution in [3.05, 3.63) is 0 Å². The van der Waals surface area contributed by atoms with Crippen LogP contribution in [0.4, 0.5) is 0 Å². The lowest BCUT2D eigenvalue weighted by Crippen LogP contribution is -2.32. The van der Waals surface area contributed by atoms with Gasteiger partial charge in [-0.25, -0.2) is 0 Å². The van der Waals surface area contributed by atoms with Gasteiger partial charge in [-0.05, 0) is 32.2 Å². The zero-order valence-electron chi connectivity index (χ0n) is 10.3. The molecular formula is C13H27NO. The van der Waals surface area contributed by atoms with Crippen molar-refractivity contribution in [2.75, 3.05) is 19.8 Å². The molecule has 1 fully saturated rings. The highest BCUT2D eigenvalue weighted by molar-refractivity contribution is 4.71. The maximum Gasteiger partial charge on any atom is 0.0478 e. The minimum atomic E-state index is 0.800. The molecule has 0 aromatic rings. The van der Waals surface area contributed by atoms with Crippen LogP contribution in [0, 0.1) is 0 Å². The Morgan fingerprint density at radius 2 is 1.80 bits per heavy atom. The molecule has 2 heteroatoms. The molecular weight excluding hydrogens is 186 g/mol. The molecule has 0 aromatic heterocycles. The van der Waals surface area contributed by atoms with E-state index in [-0.39, 0.29) is 0 Å². The van der Waals surface area contributed by atoms with E-state index in [1.54, 1.807) is 0 Å². The first kappa shape index (κ1) is 13.0. The number of unbranched alkanes of at least 4 members (excludes halogenated alkanes) is 1. The second-order valence-corrected chi connectivity index (χ2v) is 4.61. The molecule has 0 aliphatic heterocycles.